The quantitative estimate of drug-likeness (QED) is 0.752. The van der Waals surface area contributed by atoms with Crippen molar-refractivity contribution >= 4 is 10.9 Å². The molecule has 0 unspecified atom stereocenters. The van der Waals surface area contributed by atoms with E-state index >= 15 is 0 Å². The minimum atomic E-state index is 0.551. The number of fused-ring (bicyclic) bond motifs is 3. The number of rotatable bonds is 1. The molecule has 3 rings (SSSR count). The van der Waals surface area contributed by atoms with E-state index in [1.807, 2.05) is 0 Å². The lowest BCUT2D eigenvalue weighted by molar-refractivity contribution is 0.357. The molecular weight excluding hydrogens is 186 g/mol. The summed E-state index contributed by atoms with van der Waals surface area (Å²) in [5.74, 6) is 1.62. The minimum Gasteiger partial charge on any atom is -0.493 e. The highest BCUT2D eigenvalue weighted by atomic mass is 16.5. The SMILES string of the molecule is CC(C)c1cc2c3c(ccc2[nH]1)OCC3. The second-order valence-electron chi connectivity index (χ2n) is 4.48. The maximum Gasteiger partial charge on any atom is 0.123 e. The lowest BCUT2D eigenvalue weighted by Gasteiger charge is -1.98. The zero-order valence-corrected chi connectivity index (χ0v) is 9.13. The van der Waals surface area contributed by atoms with Gasteiger partial charge in [-0.05, 0) is 24.1 Å². The van der Waals surface area contributed by atoms with Gasteiger partial charge in [0.2, 0.25) is 0 Å². The van der Waals surface area contributed by atoms with Gasteiger partial charge in [-0.2, -0.15) is 0 Å². The minimum absolute atomic E-state index is 0.551. The second kappa shape index (κ2) is 3.02. The Morgan fingerprint density at radius 1 is 1.33 bits per heavy atom. The Bertz CT molecular complexity index is 510. The summed E-state index contributed by atoms with van der Waals surface area (Å²) in [6.07, 6.45) is 1.04. The first-order valence-corrected chi connectivity index (χ1v) is 5.53. The van der Waals surface area contributed by atoms with E-state index in [2.05, 4.69) is 37.0 Å². The highest BCUT2D eigenvalue weighted by molar-refractivity contribution is 5.86. The van der Waals surface area contributed by atoms with Gasteiger partial charge in [0.25, 0.3) is 0 Å². The average Bonchev–Trinajstić information content (AvgIpc) is 2.82. The molecule has 0 saturated heterocycles. The Hall–Kier alpha value is -1.44. The Balaban J connectivity index is 2.27. The van der Waals surface area contributed by atoms with Crippen LogP contribution in [0.2, 0.25) is 0 Å². The molecule has 0 atom stereocenters. The number of aromatic amines is 1. The van der Waals surface area contributed by atoms with Gasteiger partial charge < -0.3 is 9.72 Å². The molecular formula is C13H15NO. The molecule has 0 fully saturated rings. The van der Waals surface area contributed by atoms with Crippen molar-refractivity contribution in [1.29, 1.82) is 0 Å². The van der Waals surface area contributed by atoms with Crippen LogP contribution in [0.1, 0.15) is 31.0 Å². The first-order chi connectivity index (χ1) is 7.25. The fourth-order valence-corrected chi connectivity index (χ4v) is 2.23. The van der Waals surface area contributed by atoms with Crippen molar-refractivity contribution in [3.63, 3.8) is 0 Å². The van der Waals surface area contributed by atoms with Crippen LogP contribution >= 0.6 is 0 Å². The van der Waals surface area contributed by atoms with Crippen LogP contribution in [0.4, 0.5) is 0 Å². The first-order valence-electron chi connectivity index (χ1n) is 5.53. The third kappa shape index (κ3) is 1.24. The molecule has 0 saturated carbocycles. The monoisotopic (exact) mass is 201 g/mol. The van der Waals surface area contributed by atoms with Gasteiger partial charge >= 0.3 is 0 Å². The van der Waals surface area contributed by atoms with Crippen molar-refractivity contribution in [2.24, 2.45) is 0 Å². The van der Waals surface area contributed by atoms with Crippen LogP contribution in [0.25, 0.3) is 10.9 Å². The van der Waals surface area contributed by atoms with E-state index in [0.717, 1.165) is 18.8 Å². The summed E-state index contributed by atoms with van der Waals surface area (Å²) in [6, 6.07) is 6.46. The van der Waals surface area contributed by atoms with Crippen molar-refractivity contribution < 1.29 is 4.74 Å². The van der Waals surface area contributed by atoms with Gasteiger partial charge in [-0.25, -0.2) is 0 Å². The third-order valence-electron chi connectivity index (χ3n) is 3.12. The molecule has 78 valence electrons. The fraction of sp³-hybridized carbons (Fsp3) is 0.385. The molecule has 1 aromatic carbocycles. The summed E-state index contributed by atoms with van der Waals surface area (Å²) in [5, 5.41) is 1.34. The summed E-state index contributed by atoms with van der Waals surface area (Å²) in [7, 11) is 0. The molecule has 0 bridgehead atoms. The molecule has 1 aromatic heterocycles. The second-order valence-corrected chi connectivity index (χ2v) is 4.48. The molecule has 2 heteroatoms. The van der Waals surface area contributed by atoms with E-state index in [9.17, 15) is 0 Å². The maximum atomic E-state index is 5.56. The first kappa shape index (κ1) is 8.84. The Labute approximate surface area is 89.3 Å². The summed E-state index contributed by atoms with van der Waals surface area (Å²) >= 11 is 0. The van der Waals surface area contributed by atoms with E-state index in [-0.39, 0.29) is 0 Å². The highest BCUT2D eigenvalue weighted by Gasteiger charge is 2.16. The summed E-state index contributed by atoms with van der Waals surface area (Å²) in [5.41, 5.74) is 3.92. The predicted octanol–water partition coefficient (Wildman–Crippen LogP) is 3.23. The van der Waals surface area contributed by atoms with Crippen molar-refractivity contribution in [2.75, 3.05) is 6.61 Å². The normalized spacial score (nSPS) is 14.6. The standard InChI is InChI=1S/C13H15NO/c1-8(2)12-7-10-9-5-6-15-13(9)4-3-11(10)14-12/h3-4,7-8,14H,5-6H2,1-2H3. The molecule has 0 radical (unpaired) electrons. The van der Waals surface area contributed by atoms with Crippen molar-refractivity contribution in [3.8, 4) is 5.75 Å². The highest BCUT2D eigenvalue weighted by Crippen LogP contribution is 2.33. The van der Waals surface area contributed by atoms with Crippen molar-refractivity contribution in [2.45, 2.75) is 26.2 Å². The van der Waals surface area contributed by atoms with E-state index in [0.29, 0.717) is 5.92 Å². The predicted molar refractivity (Wildman–Crippen MR) is 61.6 cm³/mol. The van der Waals surface area contributed by atoms with Gasteiger partial charge in [0.1, 0.15) is 5.75 Å². The van der Waals surface area contributed by atoms with Crippen molar-refractivity contribution in [1.82, 2.24) is 4.98 Å². The summed E-state index contributed by atoms with van der Waals surface area (Å²) < 4.78 is 5.56. The molecule has 1 aliphatic heterocycles. The molecule has 0 spiro atoms. The number of aromatic nitrogens is 1. The van der Waals surface area contributed by atoms with Crippen LogP contribution in [0, 0.1) is 0 Å². The fourth-order valence-electron chi connectivity index (χ4n) is 2.23. The van der Waals surface area contributed by atoms with E-state index in [1.54, 1.807) is 0 Å². The van der Waals surface area contributed by atoms with Crippen molar-refractivity contribution in [3.05, 3.63) is 29.5 Å². The smallest absolute Gasteiger partial charge is 0.123 e. The van der Waals surface area contributed by atoms with Gasteiger partial charge in [-0.15, -0.1) is 0 Å². The molecule has 0 aliphatic carbocycles. The van der Waals surface area contributed by atoms with Gasteiger partial charge in [0, 0.05) is 28.6 Å². The Morgan fingerprint density at radius 3 is 3.00 bits per heavy atom. The van der Waals surface area contributed by atoms with Crippen LogP contribution < -0.4 is 4.74 Å². The van der Waals surface area contributed by atoms with Crippen LogP contribution in [-0.2, 0) is 6.42 Å². The molecule has 0 amide bonds. The lowest BCUT2D eigenvalue weighted by Crippen LogP contribution is -1.86. The maximum absolute atomic E-state index is 5.56. The zero-order valence-electron chi connectivity index (χ0n) is 9.13. The Kier molecular flexibility index (Phi) is 1.78. The van der Waals surface area contributed by atoms with Gasteiger partial charge in [0.15, 0.2) is 0 Å². The molecule has 2 heterocycles. The number of hydrogen-bond donors (Lipinski definition) is 1. The topological polar surface area (TPSA) is 25.0 Å². The summed E-state index contributed by atoms with van der Waals surface area (Å²) in [4.78, 5) is 3.47. The largest absolute Gasteiger partial charge is 0.493 e. The van der Waals surface area contributed by atoms with Crippen LogP contribution in [0.5, 0.6) is 5.75 Å². The number of hydrogen-bond acceptors (Lipinski definition) is 1. The van der Waals surface area contributed by atoms with Gasteiger partial charge in [-0.3, -0.25) is 0 Å². The van der Waals surface area contributed by atoms with Crippen LogP contribution in [-0.4, -0.2) is 11.6 Å². The Morgan fingerprint density at radius 2 is 2.20 bits per heavy atom. The lowest BCUT2D eigenvalue weighted by atomic mass is 10.1. The van der Waals surface area contributed by atoms with Crippen LogP contribution in [0.15, 0.2) is 18.2 Å². The van der Waals surface area contributed by atoms with Crippen LogP contribution in [0.3, 0.4) is 0 Å². The van der Waals surface area contributed by atoms with E-state index < -0.39 is 0 Å². The summed E-state index contributed by atoms with van der Waals surface area (Å²) in [6.45, 7) is 5.25. The zero-order chi connectivity index (χ0) is 10.4. The molecule has 15 heavy (non-hydrogen) atoms. The molecule has 2 nitrogen and oxygen atoms in total. The van der Waals surface area contributed by atoms with E-state index in [1.165, 1.54) is 22.2 Å². The number of benzene rings is 1. The average molecular weight is 201 g/mol. The number of ether oxygens (including phenoxy) is 1. The van der Waals surface area contributed by atoms with Gasteiger partial charge in [0.05, 0.1) is 6.61 Å². The third-order valence-corrected chi connectivity index (χ3v) is 3.12. The van der Waals surface area contributed by atoms with E-state index in [4.69, 9.17) is 4.74 Å². The molecule has 2 aromatic rings. The number of nitrogens with one attached hydrogen (secondary N) is 1. The van der Waals surface area contributed by atoms with Gasteiger partial charge in [-0.1, -0.05) is 13.8 Å². The number of H-pyrrole nitrogens is 1. The molecule has 1 N–H and O–H groups in total. The molecule has 1 aliphatic rings.